The van der Waals surface area contributed by atoms with E-state index in [9.17, 15) is 0 Å². The van der Waals surface area contributed by atoms with Crippen LogP contribution < -0.4 is 0 Å². The van der Waals surface area contributed by atoms with E-state index in [1.54, 1.807) is 0 Å². The molecular weight excluding hydrogens is 280 g/mol. The van der Waals surface area contributed by atoms with Crippen molar-refractivity contribution in [2.45, 2.75) is 27.3 Å². The molecule has 0 bridgehead atoms. The van der Waals surface area contributed by atoms with Gasteiger partial charge in [0.15, 0.2) is 0 Å². The number of aromatic nitrogens is 2. The first-order valence-corrected chi connectivity index (χ1v) is 6.58. The van der Waals surface area contributed by atoms with Gasteiger partial charge in [-0.05, 0) is 36.3 Å². The van der Waals surface area contributed by atoms with Gasteiger partial charge in [-0.15, -0.1) is 0 Å². The Morgan fingerprint density at radius 3 is 2.65 bits per heavy atom. The van der Waals surface area contributed by atoms with Gasteiger partial charge in [-0.1, -0.05) is 6.92 Å². The fourth-order valence-corrected chi connectivity index (χ4v) is 2.26. The lowest BCUT2D eigenvalue weighted by Gasteiger charge is -2.21. The second-order valence-corrected chi connectivity index (χ2v) is 5.12. The zero-order chi connectivity index (χ0) is 13.0. The van der Waals surface area contributed by atoms with E-state index in [2.05, 4.69) is 38.9 Å². The number of hydrogen-bond acceptors (Lipinski definition) is 3. The molecule has 1 aromatic rings. The SMILES string of the molecule is CCN(Cc1c(Br)c(C)nn1C)CC(C)C#N. The van der Waals surface area contributed by atoms with E-state index in [0.717, 1.165) is 35.5 Å². The zero-order valence-corrected chi connectivity index (χ0v) is 12.5. The van der Waals surface area contributed by atoms with Crippen molar-refractivity contribution in [1.29, 1.82) is 5.26 Å². The Hall–Kier alpha value is -0.860. The molecule has 1 unspecified atom stereocenters. The van der Waals surface area contributed by atoms with E-state index >= 15 is 0 Å². The number of halogens is 1. The minimum absolute atomic E-state index is 0.0584. The van der Waals surface area contributed by atoms with Crippen molar-refractivity contribution < 1.29 is 0 Å². The Morgan fingerprint density at radius 1 is 1.59 bits per heavy atom. The highest BCUT2D eigenvalue weighted by molar-refractivity contribution is 9.10. The zero-order valence-electron chi connectivity index (χ0n) is 10.9. The van der Waals surface area contributed by atoms with Crippen LogP contribution in [0.3, 0.4) is 0 Å². The van der Waals surface area contributed by atoms with Gasteiger partial charge < -0.3 is 0 Å². The lowest BCUT2D eigenvalue weighted by atomic mass is 10.2. The summed E-state index contributed by atoms with van der Waals surface area (Å²) in [4.78, 5) is 2.26. The first-order valence-electron chi connectivity index (χ1n) is 5.79. The molecule has 0 aliphatic carbocycles. The van der Waals surface area contributed by atoms with Gasteiger partial charge in [0.2, 0.25) is 0 Å². The number of rotatable bonds is 5. The molecule has 1 aromatic heterocycles. The third kappa shape index (κ3) is 3.55. The highest BCUT2D eigenvalue weighted by Gasteiger charge is 2.15. The first kappa shape index (κ1) is 14.2. The summed E-state index contributed by atoms with van der Waals surface area (Å²) in [5.74, 6) is 0.0584. The molecule has 94 valence electrons. The van der Waals surface area contributed by atoms with Crippen LogP contribution in [0.5, 0.6) is 0 Å². The predicted molar refractivity (Wildman–Crippen MR) is 71.4 cm³/mol. The Morgan fingerprint density at radius 2 is 2.24 bits per heavy atom. The quantitative estimate of drug-likeness (QED) is 0.839. The number of nitriles is 1. The molecule has 0 saturated carbocycles. The van der Waals surface area contributed by atoms with E-state index in [0.29, 0.717) is 0 Å². The van der Waals surface area contributed by atoms with E-state index in [-0.39, 0.29) is 5.92 Å². The molecule has 0 aromatic carbocycles. The van der Waals surface area contributed by atoms with Crippen molar-refractivity contribution in [3.8, 4) is 6.07 Å². The molecule has 1 heterocycles. The molecule has 0 saturated heterocycles. The van der Waals surface area contributed by atoms with E-state index in [4.69, 9.17) is 5.26 Å². The van der Waals surface area contributed by atoms with Crippen LogP contribution in [0.15, 0.2) is 4.47 Å². The molecule has 0 aliphatic heterocycles. The number of hydrogen-bond donors (Lipinski definition) is 0. The summed E-state index contributed by atoms with van der Waals surface area (Å²) in [5, 5.41) is 13.2. The van der Waals surface area contributed by atoms with Crippen molar-refractivity contribution in [2.75, 3.05) is 13.1 Å². The molecule has 0 amide bonds. The van der Waals surface area contributed by atoms with Crippen molar-refractivity contribution in [1.82, 2.24) is 14.7 Å². The van der Waals surface area contributed by atoms with E-state index in [1.165, 1.54) is 0 Å². The minimum atomic E-state index is 0.0584. The molecule has 0 radical (unpaired) electrons. The standard InChI is InChI=1S/C12H19BrN4/c1-5-17(7-9(2)6-14)8-11-12(13)10(3)15-16(11)4/h9H,5,7-8H2,1-4H3. The van der Waals surface area contributed by atoms with Crippen LogP contribution in [0.1, 0.15) is 25.2 Å². The fourth-order valence-electron chi connectivity index (χ4n) is 1.80. The molecule has 0 aliphatic rings. The second-order valence-electron chi connectivity index (χ2n) is 4.33. The maximum Gasteiger partial charge on any atom is 0.0739 e. The normalized spacial score (nSPS) is 12.8. The van der Waals surface area contributed by atoms with Gasteiger partial charge in [-0.3, -0.25) is 9.58 Å². The summed E-state index contributed by atoms with van der Waals surface area (Å²) in [6.07, 6.45) is 0. The first-order chi connectivity index (χ1) is 7.99. The summed E-state index contributed by atoms with van der Waals surface area (Å²) in [6.45, 7) is 8.60. The molecule has 1 atom stereocenters. The molecule has 0 spiro atoms. The third-order valence-corrected chi connectivity index (χ3v) is 3.87. The lowest BCUT2D eigenvalue weighted by molar-refractivity contribution is 0.253. The van der Waals surface area contributed by atoms with Crippen LogP contribution in [0.25, 0.3) is 0 Å². The molecule has 5 heteroatoms. The molecule has 4 nitrogen and oxygen atoms in total. The van der Waals surface area contributed by atoms with Crippen molar-refractivity contribution in [2.24, 2.45) is 13.0 Å². The summed E-state index contributed by atoms with van der Waals surface area (Å²) >= 11 is 3.57. The highest BCUT2D eigenvalue weighted by atomic mass is 79.9. The van der Waals surface area contributed by atoms with Gasteiger partial charge in [0, 0.05) is 20.1 Å². The largest absolute Gasteiger partial charge is 0.296 e. The summed E-state index contributed by atoms with van der Waals surface area (Å²) in [7, 11) is 1.95. The van der Waals surface area contributed by atoms with Gasteiger partial charge in [0.25, 0.3) is 0 Å². The van der Waals surface area contributed by atoms with Crippen molar-refractivity contribution >= 4 is 15.9 Å². The summed E-state index contributed by atoms with van der Waals surface area (Å²) in [6, 6.07) is 2.27. The van der Waals surface area contributed by atoms with Crippen molar-refractivity contribution in [3.63, 3.8) is 0 Å². The number of nitrogens with zero attached hydrogens (tertiary/aromatic N) is 4. The Bertz CT molecular complexity index is 419. The van der Waals surface area contributed by atoms with Gasteiger partial charge in [-0.25, -0.2) is 0 Å². The van der Waals surface area contributed by atoms with Crippen LogP contribution in [0.2, 0.25) is 0 Å². The predicted octanol–water partition coefficient (Wildman–Crippen LogP) is 2.47. The van der Waals surface area contributed by atoms with Crippen LogP contribution in [-0.2, 0) is 13.6 Å². The summed E-state index contributed by atoms with van der Waals surface area (Å²) < 4.78 is 2.97. The third-order valence-electron chi connectivity index (χ3n) is 2.83. The minimum Gasteiger partial charge on any atom is -0.296 e. The van der Waals surface area contributed by atoms with Crippen LogP contribution in [0.4, 0.5) is 0 Å². The Labute approximate surface area is 111 Å². The van der Waals surface area contributed by atoms with Crippen molar-refractivity contribution in [3.05, 3.63) is 15.9 Å². The fraction of sp³-hybridized carbons (Fsp3) is 0.667. The lowest BCUT2D eigenvalue weighted by Crippen LogP contribution is -2.28. The summed E-state index contributed by atoms with van der Waals surface area (Å²) in [5.41, 5.74) is 2.17. The highest BCUT2D eigenvalue weighted by Crippen LogP contribution is 2.21. The smallest absolute Gasteiger partial charge is 0.0739 e. The van der Waals surface area contributed by atoms with Crippen LogP contribution in [-0.4, -0.2) is 27.8 Å². The van der Waals surface area contributed by atoms with E-state index in [1.807, 2.05) is 25.6 Å². The average molecular weight is 299 g/mol. The van der Waals surface area contributed by atoms with Gasteiger partial charge in [0.1, 0.15) is 0 Å². The van der Waals surface area contributed by atoms with Crippen LogP contribution in [0, 0.1) is 24.2 Å². The Kier molecular flexibility index (Phi) is 5.16. The second kappa shape index (κ2) is 6.18. The topological polar surface area (TPSA) is 44.9 Å². The molecule has 0 fully saturated rings. The molecular formula is C12H19BrN4. The van der Waals surface area contributed by atoms with E-state index < -0.39 is 0 Å². The maximum absolute atomic E-state index is 8.86. The van der Waals surface area contributed by atoms with Crippen LogP contribution >= 0.6 is 15.9 Å². The molecule has 1 rings (SSSR count). The average Bonchev–Trinajstić information content (AvgIpc) is 2.54. The van der Waals surface area contributed by atoms with Gasteiger partial charge >= 0.3 is 0 Å². The van der Waals surface area contributed by atoms with Gasteiger partial charge in [0.05, 0.1) is 27.8 Å². The molecule has 17 heavy (non-hydrogen) atoms. The van der Waals surface area contributed by atoms with Gasteiger partial charge in [-0.2, -0.15) is 10.4 Å². The maximum atomic E-state index is 8.86. The monoisotopic (exact) mass is 298 g/mol. The number of aryl methyl sites for hydroxylation is 2. The molecule has 0 N–H and O–H groups in total. The Balaban J connectivity index is 2.78.